The average molecular weight is 192 g/mol. The summed E-state index contributed by atoms with van der Waals surface area (Å²) >= 11 is 0. The van der Waals surface area contributed by atoms with E-state index in [0.717, 1.165) is 25.9 Å². The number of carbonyl (C=O) groups excluding carboxylic acids is 1. The normalized spacial score (nSPS) is 15.9. The predicted octanol–water partition coefficient (Wildman–Crippen LogP) is 0.295. The number of nitrogens with two attached hydrogens (primary N) is 1. The summed E-state index contributed by atoms with van der Waals surface area (Å²) < 4.78 is 0. The van der Waals surface area contributed by atoms with Crippen LogP contribution in [0.2, 0.25) is 0 Å². The molecule has 0 aromatic carbocycles. The molecule has 1 aliphatic rings. The molecule has 2 N–H and O–H groups in total. The Bertz CT molecular complexity index is 346. The minimum Gasteiger partial charge on any atom is -0.382 e. The molecule has 14 heavy (non-hydrogen) atoms. The lowest BCUT2D eigenvalue weighted by atomic mass is 10.4. The van der Waals surface area contributed by atoms with Gasteiger partial charge >= 0.3 is 0 Å². The van der Waals surface area contributed by atoms with Crippen molar-refractivity contribution < 1.29 is 4.79 Å². The highest BCUT2D eigenvalue weighted by Crippen LogP contribution is 2.11. The molecule has 1 amide bonds. The summed E-state index contributed by atoms with van der Waals surface area (Å²) in [4.78, 5) is 21.3. The molecule has 1 fully saturated rings. The molecule has 74 valence electrons. The molecule has 5 nitrogen and oxygen atoms in total. The second kappa shape index (κ2) is 3.61. The zero-order valence-corrected chi connectivity index (χ0v) is 7.81. The van der Waals surface area contributed by atoms with E-state index in [9.17, 15) is 4.79 Å². The fraction of sp³-hybridized carbons (Fsp3) is 0.444. The fourth-order valence-electron chi connectivity index (χ4n) is 1.57. The minimum atomic E-state index is -0.0673. The van der Waals surface area contributed by atoms with E-state index in [1.54, 1.807) is 4.90 Å². The second-order valence-electron chi connectivity index (χ2n) is 3.33. The molecule has 0 saturated carbocycles. The van der Waals surface area contributed by atoms with Gasteiger partial charge in [-0.2, -0.15) is 0 Å². The van der Waals surface area contributed by atoms with Crippen LogP contribution in [0.1, 0.15) is 23.3 Å². The van der Waals surface area contributed by atoms with Crippen LogP contribution in [-0.2, 0) is 0 Å². The summed E-state index contributed by atoms with van der Waals surface area (Å²) in [5, 5.41) is 0. The molecule has 0 radical (unpaired) electrons. The highest BCUT2D eigenvalue weighted by atomic mass is 16.2. The van der Waals surface area contributed by atoms with E-state index in [4.69, 9.17) is 5.73 Å². The number of likely N-dealkylation sites (tertiary alicyclic amines) is 1. The summed E-state index contributed by atoms with van der Waals surface area (Å²) in [6, 6.07) is 0. The third-order valence-corrected chi connectivity index (χ3v) is 2.27. The molecule has 1 saturated heterocycles. The van der Waals surface area contributed by atoms with Crippen molar-refractivity contribution in [2.75, 3.05) is 18.8 Å². The smallest absolute Gasteiger partial charge is 0.274 e. The average Bonchev–Trinajstić information content (AvgIpc) is 2.69. The van der Waals surface area contributed by atoms with E-state index in [-0.39, 0.29) is 11.7 Å². The van der Waals surface area contributed by atoms with Gasteiger partial charge in [0, 0.05) is 13.1 Å². The number of carbonyl (C=O) groups is 1. The largest absolute Gasteiger partial charge is 0.382 e. The molecule has 0 unspecified atom stereocenters. The topological polar surface area (TPSA) is 72.1 Å². The van der Waals surface area contributed by atoms with E-state index in [1.165, 1.54) is 12.4 Å². The van der Waals surface area contributed by atoms with Gasteiger partial charge < -0.3 is 10.6 Å². The van der Waals surface area contributed by atoms with Gasteiger partial charge in [0.25, 0.3) is 5.91 Å². The van der Waals surface area contributed by atoms with Crippen molar-refractivity contribution in [1.29, 1.82) is 0 Å². The van der Waals surface area contributed by atoms with E-state index in [0.29, 0.717) is 5.69 Å². The molecule has 0 atom stereocenters. The van der Waals surface area contributed by atoms with E-state index >= 15 is 0 Å². The lowest BCUT2D eigenvalue weighted by Gasteiger charge is -2.13. The monoisotopic (exact) mass is 192 g/mol. The summed E-state index contributed by atoms with van der Waals surface area (Å²) in [5.74, 6) is 0.220. The number of nitrogen functional groups attached to an aromatic ring is 1. The number of hydrogen-bond acceptors (Lipinski definition) is 4. The lowest BCUT2D eigenvalue weighted by Crippen LogP contribution is -2.28. The Hall–Kier alpha value is -1.65. The van der Waals surface area contributed by atoms with Crippen LogP contribution in [0.25, 0.3) is 0 Å². The highest BCUT2D eigenvalue weighted by Gasteiger charge is 2.20. The minimum absolute atomic E-state index is 0.0673. The lowest BCUT2D eigenvalue weighted by molar-refractivity contribution is 0.0786. The summed E-state index contributed by atoms with van der Waals surface area (Å²) in [6.07, 6.45) is 5.03. The number of aromatic nitrogens is 2. The summed E-state index contributed by atoms with van der Waals surface area (Å²) in [5.41, 5.74) is 5.79. The van der Waals surface area contributed by atoms with Gasteiger partial charge in [0.05, 0.1) is 12.4 Å². The van der Waals surface area contributed by atoms with E-state index in [1.807, 2.05) is 0 Å². The molecule has 2 rings (SSSR count). The zero-order chi connectivity index (χ0) is 9.97. The van der Waals surface area contributed by atoms with Gasteiger partial charge in [-0.1, -0.05) is 0 Å². The molecule has 0 bridgehead atoms. The van der Waals surface area contributed by atoms with Crippen LogP contribution in [-0.4, -0.2) is 33.9 Å². The van der Waals surface area contributed by atoms with Crippen LogP contribution in [0.4, 0.5) is 5.82 Å². The van der Waals surface area contributed by atoms with Gasteiger partial charge in [0.2, 0.25) is 0 Å². The summed E-state index contributed by atoms with van der Waals surface area (Å²) in [6.45, 7) is 1.63. The Morgan fingerprint density at radius 3 is 2.71 bits per heavy atom. The molecule has 1 aliphatic heterocycles. The number of amides is 1. The quantitative estimate of drug-likeness (QED) is 0.694. The maximum atomic E-state index is 11.8. The highest BCUT2D eigenvalue weighted by molar-refractivity contribution is 5.92. The standard InChI is InChI=1S/C9H12N4O/c10-8-6-11-5-7(12-8)9(14)13-3-1-2-4-13/h5-6H,1-4H2,(H2,10,12). The van der Waals surface area contributed by atoms with Crippen molar-refractivity contribution in [3.8, 4) is 0 Å². The number of hydrogen-bond donors (Lipinski definition) is 1. The Kier molecular flexibility index (Phi) is 2.30. The predicted molar refractivity (Wildman–Crippen MR) is 51.6 cm³/mol. The van der Waals surface area contributed by atoms with Gasteiger partial charge in [-0.3, -0.25) is 9.78 Å². The van der Waals surface area contributed by atoms with Gasteiger partial charge in [-0.25, -0.2) is 4.98 Å². The third-order valence-electron chi connectivity index (χ3n) is 2.27. The Labute approximate surface area is 82.0 Å². The Balaban J connectivity index is 2.17. The van der Waals surface area contributed by atoms with Gasteiger partial charge in [-0.05, 0) is 12.8 Å². The Morgan fingerprint density at radius 1 is 1.36 bits per heavy atom. The first-order valence-corrected chi connectivity index (χ1v) is 4.64. The van der Waals surface area contributed by atoms with Crippen LogP contribution in [0.15, 0.2) is 12.4 Å². The van der Waals surface area contributed by atoms with Crippen molar-refractivity contribution in [3.05, 3.63) is 18.1 Å². The van der Waals surface area contributed by atoms with Crippen molar-refractivity contribution in [1.82, 2.24) is 14.9 Å². The Morgan fingerprint density at radius 2 is 2.07 bits per heavy atom. The van der Waals surface area contributed by atoms with Gasteiger partial charge in [0.1, 0.15) is 11.5 Å². The molecular formula is C9H12N4O. The van der Waals surface area contributed by atoms with E-state index < -0.39 is 0 Å². The van der Waals surface area contributed by atoms with Gasteiger partial charge in [-0.15, -0.1) is 0 Å². The van der Waals surface area contributed by atoms with Crippen LogP contribution in [0.3, 0.4) is 0 Å². The SMILES string of the molecule is Nc1cncc(C(=O)N2CCCC2)n1. The molecule has 0 spiro atoms. The van der Waals surface area contributed by atoms with Crippen LogP contribution < -0.4 is 5.73 Å². The maximum absolute atomic E-state index is 11.8. The third kappa shape index (κ3) is 1.66. The van der Waals surface area contributed by atoms with Crippen LogP contribution >= 0.6 is 0 Å². The molecule has 1 aromatic heterocycles. The zero-order valence-electron chi connectivity index (χ0n) is 7.81. The molecular weight excluding hydrogens is 180 g/mol. The van der Waals surface area contributed by atoms with Crippen molar-refractivity contribution >= 4 is 11.7 Å². The second-order valence-corrected chi connectivity index (χ2v) is 3.33. The molecule has 5 heteroatoms. The van der Waals surface area contributed by atoms with Gasteiger partial charge in [0.15, 0.2) is 0 Å². The van der Waals surface area contributed by atoms with Crippen LogP contribution in [0, 0.1) is 0 Å². The van der Waals surface area contributed by atoms with Crippen LogP contribution in [0.5, 0.6) is 0 Å². The number of anilines is 1. The molecule has 1 aromatic rings. The summed E-state index contributed by atoms with van der Waals surface area (Å²) in [7, 11) is 0. The molecule has 2 heterocycles. The van der Waals surface area contributed by atoms with Crippen molar-refractivity contribution in [3.63, 3.8) is 0 Å². The number of nitrogens with zero attached hydrogens (tertiary/aromatic N) is 3. The maximum Gasteiger partial charge on any atom is 0.274 e. The first kappa shape index (κ1) is 8.93. The fourth-order valence-corrected chi connectivity index (χ4v) is 1.57. The first-order valence-electron chi connectivity index (χ1n) is 4.64. The number of rotatable bonds is 1. The van der Waals surface area contributed by atoms with Crippen molar-refractivity contribution in [2.45, 2.75) is 12.8 Å². The van der Waals surface area contributed by atoms with E-state index in [2.05, 4.69) is 9.97 Å². The first-order chi connectivity index (χ1) is 6.77. The van der Waals surface area contributed by atoms with Crippen molar-refractivity contribution in [2.24, 2.45) is 0 Å². The molecule has 0 aliphatic carbocycles.